The van der Waals surface area contributed by atoms with Gasteiger partial charge in [0, 0.05) is 12.8 Å². The summed E-state index contributed by atoms with van der Waals surface area (Å²) >= 11 is 0. The van der Waals surface area contributed by atoms with Crippen molar-refractivity contribution >= 4 is 6.21 Å². The summed E-state index contributed by atoms with van der Waals surface area (Å²) in [5.74, 6) is 0.279. The second-order valence-electron chi connectivity index (χ2n) is 3.43. The molecule has 0 aromatic heterocycles. The Bertz CT molecular complexity index is 308. The van der Waals surface area contributed by atoms with E-state index in [2.05, 4.69) is 9.89 Å². The van der Waals surface area contributed by atoms with E-state index in [1.807, 2.05) is 26.2 Å². The van der Waals surface area contributed by atoms with Crippen LogP contribution in [0.1, 0.15) is 5.56 Å². The van der Waals surface area contributed by atoms with Crippen molar-refractivity contribution in [3.05, 3.63) is 29.8 Å². The van der Waals surface area contributed by atoms with Gasteiger partial charge in [0.05, 0.1) is 6.54 Å². The molecule has 14 heavy (non-hydrogen) atoms. The van der Waals surface area contributed by atoms with Crippen molar-refractivity contribution < 1.29 is 5.11 Å². The molecule has 0 saturated heterocycles. The average molecular weight is 192 g/mol. The molecule has 3 heteroatoms. The molecule has 0 fully saturated rings. The predicted molar refractivity (Wildman–Crippen MR) is 59.1 cm³/mol. The van der Waals surface area contributed by atoms with E-state index in [9.17, 15) is 5.11 Å². The zero-order valence-electron chi connectivity index (χ0n) is 8.64. The second kappa shape index (κ2) is 5.40. The Labute approximate surface area is 84.7 Å². The molecule has 0 aliphatic heterocycles. The SMILES string of the molecule is CN(C)CCN=Cc1cccc(O)c1. The second-order valence-corrected chi connectivity index (χ2v) is 3.43. The third-order valence-corrected chi connectivity index (χ3v) is 1.79. The van der Waals surface area contributed by atoms with Gasteiger partial charge in [-0.15, -0.1) is 0 Å². The summed E-state index contributed by atoms with van der Waals surface area (Å²) in [7, 11) is 4.04. The number of rotatable bonds is 4. The molecule has 1 aromatic rings. The lowest BCUT2D eigenvalue weighted by Gasteiger charge is -2.05. The Morgan fingerprint density at radius 1 is 1.43 bits per heavy atom. The van der Waals surface area contributed by atoms with Crippen LogP contribution in [0, 0.1) is 0 Å². The number of nitrogens with zero attached hydrogens (tertiary/aromatic N) is 2. The summed E-state index contributed by atoms with van der Waals surface area (Å²) in [4.78, 5) is 6.33. The highest BCUT2D eigenvalue weighted by atomic mass is 16.3. The topological polar surface area (TPSA) is 35.8 Å². The van der Waals surface area contributed by atoms with Crippen molar-refractivity contribution in [1.82, 2.24) is 4.90 Å². The lowest BCUT2D eigenvalue weighted by Crippen LogP contribution is -2.15. The van der Waals surface area contributed by atoms with Gasteiger partial charge >= 0.3 is 0 Å². The molecule has 0 radical (unpaired) electrons. The van der Waals surface area contributed by atoms with Crippen LogP contribution in [0.3, 0.4) is 0 Å². The van der Waals surface area contributed by atoms with E-state index in [4.69, 9.17) is 0 Å². The van der Waals surface area contributed by atoms with Crippen LogP contribution in [0.15, 0.2) is 29.3 Å². The number of aliphatic imine (C=N–C) groups is 1. The summed E-state index contributed by atoms with van der Waals surface area (Å²) in [5.41, 5.74) is 0.934. The van der Waals surface area contributed by atoms with Crippen LogP contribution in [0.25, 0.3) is 0 Å². The van der Waals surface area contributed by atoms with Crippen molar-refractivity contribution in [2.75, 3.05) is 27.2 Å². The van der Waals surface area contributed by atoms with Crippen LogP contribution >= 0.6 is 0 Å². The molecule has 3 nitrogen and oxygen atoms in total. The molecule has 0 spiro atoms. The standard InChI is InChI=1S/C11H16N2O/c1-13(2)7-6-12-9-10-4-3-5-11(14)8-10/h3-5,8-9,14H,6-7H2,1-2H3. The van der Waals surface area contributed by atoms with E-state index in [0.717, 1.165) is 18.7 Å². The Hall–Kier alpha value is -1.35. The van der Waals surface area contributed by atoms with E-state index in [-0.39, 0.29) is 5.75 Å². The van der Waals surface area contributed by atoms with Crippen LogP contribution in [-0.4, -0.2) is 43.4 Å². The molecular formula is C11H16N2O. The maximum Gasteiger partial charge on any atom is 0.116 e. The summed E-state index contributed by atoms with van der Waals surface area (Å²) < 4.78 is 0. The molecule has 0 saturated carbocycles. The molecule has 0 aliphatic carbocycles. The fourth-order valence-corrected chi connectivity index (χ4v) is 1.03. The summed E-state index contributed by atoms with van der Waals surface area (Å²) in [6.07, 6.45) is 1.78. The first-order valence-corrected chi connectivity index (χ1v) is 4.62. The number of aromatic hydroxyl groups is 1. The van der Waals surface area contributed by atoms with Gasteiger partial charge in [0.1, 0.15) is 5.75 Å². The van der Waals surface area contributed by atoms with E-state index >= 15 is 0 Å². The van der Waals surface area contributed by atoms with E-state index in [1.165, 1.54) is 0 Å². The van der Waals surface area contributed by atoms with Gasteiger partial charge in [0.15, 0.2) is 0 Å². The lowest BCUT2D eigenvalue weighted by molar-refractivity contribution is 0.421. The van der Waals surface area contributed by atoms with Crippen molar-refractivity contribution in [3.8, 4) is 5.75 Å². The number of hydrogen-bond donors (Lipinski definition) is 1. The van der Waals surface area contributed by atoms with E-state index in [1.54, 1.807) is 18.3 Å². The normalized spacial score (nSPS) is 11.4. The molecule has 1 N–H and O–H groups in total. The number of hydrogen-bond acceptors (Lipinski definition) is 3. The number of phenolic OH excluding ortho intramolecular Hbond substituents is 1. The van der Waals surface area contributed by atoms with Gasteiger partial charge in [0.2, 0.25) is 0 Å². The lowest BCUT2D eigenvalue weighted by atomic mass is 10.2. The molecule has 0 amide bonds. The molecule has 0 bridgehead atoms. The van der Waals surface area contributed by atoms with Crippen molar-refractivity contribution in [2.45, 2.75) is 0 Å². The molecule has 76 valence electrons. The van der Waals surface area contributed by atoms with Gasteiger partial charge in [-0.25, -0.2) is 0 Å². The molecule has 0 aliphatic rings. The number of likely N-dealkylation sites (N-methyl/N-ethyl adjacent to an activating group) is 1. The van der Waals surface area contributed by atoms with E-state index < -0.39 is 0 Å². The van der Waals surface area contributed by atoms with Crippen molar-refractivity contribution in [1.29, 1.82) is 0 Å². The fourth-order valence-electron chi connectivity index (χ4n) is 1.03. The summed E-state index contributed by atoms with van der Waals surface area (Å²) in [5, 5.41) is 9.19. The maximum atomic E-state index is 9.19. The first-order chi connectivity index (χ1) is 6.68. The van der Waals surface area contributed by atoms with Gasteiger partial charge in [-0.3, -0.25) is 4.99 Å². The zero-order valence-corrected chi connectivity index (χ0v) is 8.64. The van der Waals surface area contributed by atoms with Gasteiger partial charge in [-0.2, -0.15) is 0 Å². The van der Waals surface area contributed by atoms with Gasteiger partial charge in [0.25, 0.3) is 0 Å². The average Bonchev–Trinajstić information content (AvgIpc) is 2.12. The minimum Gasteiger partial charge on any atom is -0.508 e. The minimum absolute atomic E-state index is 0.279. The molecule has 0 atom stereocenters. The van der Waals surface area contributed by atoms with Crippen LogP contribution in [0.4, 0.5) is 0 Å². The molecule has 0 heterocycles. The van der Waals surface area contributed by atoms with Gasteiger partial charge in [-0.1, -0.05) is 12.1 Å². The highest BCUT2D eigenvalue weighted by Crippen LogP contribution is 2.08. The Balaban J connectivity index is 2.44. The largest absolute Gasteiger partial charge is 0.508 e. The minimum atomic E-state index is 0.279. The van der Waals surface area contributed by atoms with Crippen LogP contribution < -0.4 is 0 Å². The zero-order chi connectivity index (χ0) is 10.4. The third-order valence-electron chi connectivity index (χ3n) is 1.79. The van der Waals surface area contributed by atoms with Crippen molar-refractivity contribution in [2.24, 2.45) is 4.99 Å². The Morgan fingerprint density at radius 2 is 2.21 bits per heavy atom. The maximum absolute atomic E-state index is 9.19. The van der Waals surface area contributed by atoms with Crippen LogP contribution in [0.5, 0.6) is 5.75 Å². The molecular weight excluding hydrogens is 176 g/mol. The van der Waals surface area contributed by atoms with E-state index in [0.29, 0.717) is 0 Å². The Kier molecular flexibility index (Phi) is 4.13. The van der Waals surface area contributed by atoms with Gasteiger partial charge < -0.3 is 10.0 Å². The quantitative estimate of drug-likeness (QED) is 0.731. The van der Waals surface area contributed by atoms with Crippen LogP contribution in [-0.2, 0) is 0 Å². The third kappa shape index (κ3) is 4.05. The smallest absolute Gasteiger partial charge is 0.116 e. The molecule has 1 rings (SSSR count). The first-order valence-electron chi connectivity index (χ1n) is 4.62. The summed E-state index contributed by atoms with van der Waals surface area (Å²) in [6, 6.07) is 7.07. The van der Waals surface area contributed by atoms with Gasteiger partial charge in [-0.05, 0) is 31.8 Å². The highest BCUT2D eigenvalue weighted by Gasteiger charge is 1.90. The fraction of sp³-hybridized carbons (Fsp3) is 0.364. The monoisotopic (exact) mass is 192 g/mol. The first kappa shape index (κ1) is 10.7. The Morgan fingerprint density at radius 3 is 2.86 bits per heavy atom. The van der Waals surface area contributed by atoms with Crippen LogP contribution in [0.2, 0.25) is 0 Å². The molecule has 0 unspecified atom stereocenters. The highest BCUT2D eigenvalue weighted by molar-refractivity contribution is 5.80. The molecule has 1 aromatic carbocycles. The van der Waals surface area contributed by atoms with Crippen molar-refractivity contribution in [3.63, 3.8) is 0 Å². The predicted octanol–water partition coefficient (Wildman–Crippen LogP) is 1.37. The number of benzene rings is 1. The number of phenols is 1. The summed E-state index contributed by atoms with van der Waals surface area (Å²) in [6.45, 7) is 1.72.